The number of morpholine rings is 1. The first kappa shape index (κ1) is 15.8. The van der Waals surface area contributed by atoms with Crippen molar-refractivity contribution in [1.82, 2.24) is 19.5 Å². The predicted molar refractivity (Wildman–Crippen MR) is 85.6 cm³/mol. The first-order valence-corrected chi connectivity index (χ1v) is 9.47. The maximum absolute atomic E-state index is 13.0. The van der Waals surface area contributed by atoms with E-state index in [2.05, 4.69) is 10.3 Å². The van der Waals surface area contributed by atoms with Gasteiger partial charge >= 0.3 is 6.03 Å². The molecule has 0 radical (unpaired) electrons. The van der Waals surface area contributed by atoms with E-state index in [1.807, 2.05) is 6.07 Å². The topological polar surface area (TPSA) is 91.8 Å². The molecule has 9 heteroatoms. The predicted octanol–water partition coefficient (Wildman–Crippen LogP) is -0.222. The number of urea groups is 1. The van der Waals surface area contributed by atoms with Gasteiger partial charge in [-0.3, -0.25) is 4.98 Å². The molecule has 3 aliphatic heterocycles. The van der Waals surface area contributed by atoms with Crippen molar-refractivity contribution in [2.24, 2.45) is 0 Å². The normalized spacial score (nSPS) is 34.1. The van der Waals surface area contributed by atoms with Crippen LogP contribution in [0.4, 0.5) is 4.79 Å². The number of amides is 2. The second-order valence-electron chi connectivity index (χ2n) is 6.64. The Morgan fingerprint density at radius 2 is 2.33 bits per heavy atom. The van der Waals surface area contributed by atoms with Gasteiger partial charge < -0.3 is 15.0 Å². The van der Waals surface area contributed by atoms with Gasteiger partial charge in [-0.05, 0) is 18.1 Å². The fourth-order valence-corrected chi connectivity index (χ4v) is 6.39. The van der Waals surface area contributed by atoms with Crippen molar-refractivity contribution >= 4 is 16.1 Å². The summed E-state index contributed by atoms with van der Waals surface area (Å²) in [7, 11) is -1.88. The third-order valence-electron chi connectivity index (χ3n) is 5.09. The minimum atomic E-state index is -3.46. The largest absolute Gasteiger partial charge is 0.365 e. The lowest BCUT2D eigenvalue weighted by atomic mass is 9.99. The number of hydrogen-bond acceptors (Lipinski definition) is 5. The van der Waals surface area contributed by atoms with Gasteiger partial charge in [-0.2, -0.15) is 4.31 Å². The van der Waals surface area contributed by atoms with E-state index in [1.54, 1.807) is 30.4 Å². The number of nitrogens with one attached hydrogen (secondary N) is 1. The molecule has 4 heterocycles. The molecule has 3 aliphatic rings. The highest BCUT2D eigenvalue weighted by molar-refractivity contribution is 7.90. The van der Waals surface area contributed by atoms with Crippen LogP contribution in [0.25, 0.3) is 0 Å². The van der Waals surface area contributed by atoms with Gasteiger partial charge in [0.2, 0.25) is 10.0 Å². The minimum Gasteiger partial charge on any atom is -0.365 e. The summed E-state index contributed by atoms with van der Waals surface area (Å²) >= 11 is 0. The smallest absolute Gasteiger partial charge is 0.317 e. The molecule has 0 aromatic carbocycles. The summed E-state index contributed by atoms with van der Waals surface area (Å²) < 4.78 is 33.5. The number of sulfonamides is 1. The number of fused-ring (bicyclic) bond motifs is 1. The molecule has 24 heavy (non-hydrogen) atoms. The average Bonchev–Trinajstić information content (AvgIpc) is 2.94. The van der Waals surface area contributed by atoms with Crippen LogP contribution >= 0.6 is 0 Å². The van der Waals surface area contributed by atoms with Crippen LogP contribution in [0.15, 0.2) is 24.5 Å². The summed E-state index contributed by atoms with van der Waals surface area (Å²) in [6.07, 6.45) is 3.56. The Balaban J connectivity index is 1.61. The van der Waals surface area contributed by atoms with Crippen LogP contribution in [0.1, 0.15) is 12.0 Å². The summed E-state index contributed by atoms with van der Waals surface area (Å²) in [5.41, 5.74) is 0.0178. The minimum absolute atomic E-state index is 0.188. The number of carbonyl (C=O) groups is 1. The molecule has 3 saturated heterocycles. The second kappa shape index (κ2) is 5.40. The third kappa shape index (κ3) is 2.30. The molecule has 2 bridgehead atoms. The standard InChI is InChI=1S/C15H20N4O4S/c1-16-14(20)18-8-12-5-13-15(9-18,23-12)10-19(24(13,21)22)7-11-3-2-4-17-6-11/h2-4,6,12-13H,5,7-10H2,1H3,(H,16,20)/t12-,13+,15+/m0/s1. The van der Waals surface area contributed by atoms with Crippen LogP contribution < -0.4 is 5.32 Å². The fraction of sp³-hybridized carbons (Fsp3) is 0.600. The van der Waals surface area contributed by atoms with Gasteiger partial charge in [-0.1, -0.05) is 6.07 Å². The van der Waals surface area contributed by atoms with E-state index in [9.17, 15) is 13.2 Å². The van der Waals surface area contributed by atoms with Crippen molar-refractivity contribution in [3.05, 3.63) is 30.1 Å². The Morgan fingerprint density at radius 1 is 1.50 bits per heavy atom. The number of pyridine rings is 1. The number of hydrogen-bond donors (Lipinski definition) is 1. The van der Waals surface area contributed by atoms with Crippen LogP contribution in [0, 0.1) is 0 Å². The summed E-state index contributed by atoms with van der Waals surface area (Å²) in [5.74, 6) is 0. The third-order valence-corrected chi connectivity index (χ3v) is 7.41. The summed E-state index contributed by atoms with van der Waals surface area (Å²) in [5, 5.41) is 2.03. The van der Waals surface area contributed by atoms with Gasteiger partial charge in [-0.25, -0.2) is 13.2 Å². The lowest BCUT2D eigenvalue weighted by Crippen LogP contribution is -2.58. The number of rotatable bonds is 2. The van der Waals surface area contributed by atoms with E-state index >= 15 is 0 Å². The van der Waals surface area contributed by atoms with Crippen molar-refractivity contribution in [2.75, 3.05) is 26.7 Å². The Labute approximate surface area is 140 Å². The molecule has 8 nitrogen and oxygen atoms in total. The number of aromatic nitrogens is 1. The Morgan fingerprint density at radius 3 is 3.04 bits per heavy atom. The van der Waals surface area contributed by atoms with Crippen molar-refractivity contribution in [3.8, 4) is 0 Å². The maximum Gasteiger partial charge on any atom is 0.317 e. The molecule has 1 spiro atoms. The van der Waals surface area contributed by atoms with Gasteiger partial charge in [0.25, 0.3) is 0 Å². The maximum atomic E-state index is 13.0. The molecule has 1 aromatic heterocycles. The molecule has 2 amide bonds. The highest BCUT2D eigenvalue weighted by Crippen LogP contribution is 2.46. The van der Waals surface area contributed by atoms with E-state index in [4.69, 9.17) is 4.74 Å². The zero-order chi connectivity index (χ0) is 16.9. The van der Waals surface area contributed by atoms with Crippen molar-refractivity contribution < 1.29 is 17.9 Å². The lowest BCUT2D eigenvalue weighted by molar-refractivity contribution is -0.0956. The van der Waals surface area contributed by atoms with Crippen molar-refractivity contribution in [3.63, 3.8) is 0 Å². The molecular weight excluding hydrogens is 332 g/mol. The molecule has 1 N–H and O–H groups in total. The van der Waals surface area contributed by atoms with E-state index in [-0.39, 0.29) is 25.2 Å². The summed E-state index contributed by atoms with van der Waals surface area (Å²) in [6, 6.07) is 3.46. The molecule has 3 fully saturated rings. The first-order valence-electron chi connectivity index (χ1n) is 7.97. The number of ether oxygens (including phenoxy) is 1. The van der Waals surface area contributed by atoms with Crippen LogP contribution in [-0.4, -0.2) is 72.3 Å². The van der Waals surface area contributed by atoms with Gasteiger partial charge in [0.1, 0.15) is 10.9 Å². The Bertz CT molecular complexity index is 756. The van der Waals surface area contributed by atoms with E-state index in [0.717, 1.165) is 5.56 Å². The van der Waals surface area contributed by atoms with Crippen molar-refractivity contribution in [1.29, 1.82) is 0 Å². The molecule has 130 valence electrons. The SMILES string of the molecule is CNC(=O)N1C[C@@H]2C[C@@H]3[C@@](C1)(CN(Cc1cccnc1)S3(=O)=O)O2. The van der Waals surface area contributed by atoms with E-state index in [0.29, 0.717) is 19.5 Å². The Hall–Kier alpha value is -1.71. The second-order valence-corrected chi connectivity index (χ2v) is 8.75. The monoisotopic (exact) mass is 352 g/mol. The molecule has 0 unspecified atom stereocenters. The van der Waals surface area contributed by atoms with Gasteiger partial charge in [0, 0.05) is 39.1 Å². The van der Waals surface area contributed by atoms with Gasteiger partial charge in [0.15, 0.2) is 0 Å². The number of nitrogens with zero attached hydrogens (tertiary/aromatic N) is 3. The van der Waals surface area contributed by atoms with E-state index in [1.165, 1.54) is 4.31 Å². The number of likely N-dealkylation sites (tertiary alicyclic amines) is 1. The molecular formula is C15H20N4O4S. The quantitative estimate of drug-likeness (QED) is 0.794. The lowest BCUT2D eigenvalue weighted by Gasteiger charge is -2.39. The highest BCUT2D eigenvalue weighted by atomic mass is 32.2. The van der Waals surface area contributed by atoms with Crippen LogP contribution in [0.2, 0.25) is 0 Å². The zero-order valence-corrected chi connectivity index (χ0v) is 14.2. The first-order chi connectivity index (χ1) is 11.4. The highest BCUT2D eigenvalue weighted by Gasteiger charge is 2.65. The zero-order valence-electron chi connectivity index (χ0n) is 13.4. The van der Waals surface area contributed by atoms with Crippen LogP contribution in [-0.2, 0) is 21.3 Å². The summed E-state index contributed by atoms with van der Waals surface area (Å²) in [6.45, 7) is 1.30. The molecule has 3 atom stereocenters. The van der Waals surface area contributed by atoms with Crippen LogP contribution in [0.3, 0.4) is 0 Å². The molecule has 1 aromatic rings. The molecule has 0 saturated carbocycles. The van der Waals surface area contributed by atoms with E-state index < -0.39 is 20.9 Å². The van der Waals surface area contributed by atoms with Gasteiger partial charge in [-0.15, -0.1) is 0 Å². The summed E-state index contributed by atoms with van der Waals surface area (Å²) in [4.78, 5) is 17.7. The fourth-order valence-electron chi connectivity index (χ4n) is 4.10. The average molecular weight is 352 g/mol. The number of carbonyl (C=O) groups excluding carboxylic acids is 1. The molecule has 4 rings (SSSR count). The van der Waals surface area contributed by atoms with Crippen molar-refractivity contribution in [2.45, 2.75) is 29.9 Å². The molecule has 0 aliphatic carbocycles. The van der Waals surface area contributed by atoms with Gasteiger partial charge in [0.05, 0.1) is 12.6 Å². The Kier molecular flexibility index (Phi) is 3.55. The van der Waals surface area contributed by atoms with Crippen LogP contribution in [0.5, 0.6) is 0 Å².